The van der Waals surface area contributed by atoms with Crippen LogP contribution in [0, 0.1) is 0 Å². The number of rotatable bonds is 5. The van der Waals surface area contributed by atoms with Gasteiger partial charge in [-0.2, -0.15) is 0 Å². The lowest BCUT2D eigenvalue weighted by Gasteiger charge is -2.26. The molecule has 1 fully saturated rings. The Balaban J connectivity index is 1.67. The van der Waals surface area contributed by atoms with E-state index in [1.165, 1.54) is 0 Å². The first kappa shape index (κ1) is 14.6. The SMILES string of the molecule is NC(=NO)c1cccc2nc(NCCN3CCOCC3)[nH]c12. The third kappa shape index (κ3) is 3.12. The van der Waals surface area contributed by atoms with Crippen LogP contribution in [0.2, 0.25) is 0 Å². The number of nitrogens with zero attached hydrogens (tertiary/aromatic N) is 3. The van der Waals surface area contributed by atoms with Gasteiger partial charge in [0.1, 0.15) is 0 Å². The van der Waals surface area contributed by atoms with Crippen LogP contribution in [-0.2, 0) is 4.74 Å². The normalized spacial score (nSPS) is 17.0. The van der Waals surface area contributed by atoms with Crippen molar-refractivity contribution in [3.63, 3.8) is 0 Å². The van der Waals surface area contributed by atoms with E-state index in [-0.39, 0.29) is 5.84 Å². The van der Waals surface area contributed by atoms with Crippen LogP contribution in [0.25, 0.3) is 11.0 Å². The summed E-state index contributed by atoms with van der Waals surface area (Å²) in [5.41, 5.74) is 7.85. The van der Waals surface area contributed by atoms with Crippen LogP contribution in [0.1, 0.15) is 5.56 Å². The van der Waals surface area contributed by atoms with Crippen molar-refractivity contribution in [3.8, 4) is 0 Å². The van der Waals surface area contributed by atoms with Crippen molar-refractivity contribution >= 4 is 22.8 Å². The molecule has 0 radical (unpaired) electrons. The fourth-order valence-electron chi connectivity index (χ4n) is 2.54. The predicted molar refractivity (Wildman–Crippen MR) is 84.4 cm³/mol. The van der Waals surface area contributed by atoms with Crippen LogP contribution in [0.5, 0.6) is 0 Å². The summed E-state index contributed by atoms with van der Waals surface area (Å²) in [5, 5.41) is 15.2. The summed E-state index contributed by atoms with van der Waals surface area (Å²) in [7, 11) is 0. The van der Waals surface area contributed by atoms with Crippen molar-refractivity contribution in [2.75, 3.05) is 44.7 Å². The fraction of sp³-hybridized carbons (Fsp3) is 0.429. The van der Waals surface area contributed by atoms with Gasteiger partial charge in [0, 0.05) is 31.7 Å². The van der Waals surface area contributed by atoms with E-state index in [1.807, 2.05) is 12.1 Å². The van der Waals surface area contributed by atoms with E-state index in [4.69, 9.17) is 15.7 Å². The molecule has 22 heavy (non-hydrogen) atoms. The van der Waals surface area contributed by atoms with E-state index in [2.05, 4.69) is 25.3 Å². The minimum atomic E-state index is 0.0640. The number of imidazole rings is 1. The van der Waals surface area contributed by atoms with Gasteiger partial charge in [0.25, 0.3) is 0 Å². The maximum atomic E-state index is 8.84. The summed E-state index contributed by atoms with van der Waals surface area (Å²) in [4.78, 5) is 10.00. The molecule has 1 aromatic heterocycles. The van der Waals surface area contributed by atoms with Crippen LogP contribution >= 0.6 is 0 Å². The summed E-state index contributed by atoms with van der Waals surface area (Å²) < 4.78 is 5.33. The molecule has 1 aliphatic heterocycles. The number of nitrogens with one attached hydrogen (secondary N) is 2. The van der Waals surface area contributed by atoms with E-state index in [0.29, 0.717) is 11.5 Å². The van der Waals surface area contributed by atoms with Crippen LogP contribution in [-0.4, -0.2) is 65.3 Å². The van der Waals surface area contributed by atoms with Gasteiger partial charge in [-0.05, 0) is 12.1 Å². The van der Waals surface area contributed by atoms with Gasteiger partial charge in [0.15, 0.2) is 5.84 Å². The molecule has 1 aromatic carbocycles. The number of anilines is 1. The monoisotopic (exact) mass is 304 g/mol. The summed E-state index contributed by atoms with van der Waals surface area (Å²) in [5.74, 6) is 0.746. The molecule has 2 heterocycles. The first-order valence-corrected chi connectivity index (χ1v) is 7.28. The Kier molecular flexibility index (Phi) is 4.40. The Hall–Kier alpha value is -2.32. The molecular weight excluding hydrogens is 284 g/mol. The highest BCUT2D eigenvalue weighted by Crippen LogP contribution is 2.18. The Labute approximate surface area is 127 Å². The average molecular weight is 304 g/mol. The van der Waals surface area contributed by atoms with Crippen molar-refractivity contribution < 1.29 is 9.94 Å². The average Bonchev–Trinajstić information content (AvgIpc) is 2.98. The van der Waals surface area contributed by atoms with Crippen LogP contribution in [0.4, 0.5) is 5.95 Å². The topological polar surface area (TPSA) is 112 Å². The van der Waals surface area contributed by atoms with E-state index in [0.717, 1.165) is 50.4 Å². The van der Waals surface area contributed by atoms with E-state index < -0.39 is 0 Å². The molecule has 0 spiro atoms. The van der Waals surface area contributed by atoms with E-state index in [9.17, 15) is 0 Å². The number of H-pyrrole nitrogens is 1. The number of aromatic nitrogens is 2. The predicted octanol–water partition coefficient (Wildman–Crippen LogP) is 0.401. The number of hydrogen-bond acceptors (Lipinski definition) is 6. The zero-order valence-corrected chi connectivity index (χ0v) is 12.2. The first-order chi connectivity index (χ1) is 10.8. The molecule has 0 bridgehead atoms. The highest BCUT2D eigenvalue weighted by atomic mass is 16.5. The summed E-state index contributed by atoms with van der Waals surface area (Å²) in [6, 6.07) is 5.49. The minimum Gasteiger partial charge on any atom is -0.409 e. The van der Waals surface area contributed by atoms with Gasteiger partial charge in [0.05, 0.1) is 24.2 Å². The third-order valence-corrected chi connectivity index (χ3v) is 3.73. The molecule has 0 unspecified atom stereocenters. The number of oxime groups is 1. The molecule has 1 saturated heterocycles. The lowest BCUT2D eigenvalue weighted by molar-refractivity contribution is 0.0398. The molecular formula is C14H20N6O2. The smallest absolute Gasteiger partial charge is 0.201 e. The van der Waals surface area contributed by atoms with Crippen molar-refractivity contribution in [2.45, 2.75) is 0 Å². The number of benzene rings is 1. The van der Waals surface area contributed by atoms with Gasteiger partial charge in [-0.25, -0.2) is 4.98 Å². The fourth-order valence-corrected chi connectivity index (χ4v) is 2.54. The number of fused-ring (bicyclic) bond motifs is 1. The summed E-state index contributed by atoms with van der Waals surface area (Å²) >= 11 is 0. The van der Waals surface area contributed by atoms with Crippen LogP contribution < -0.4 is 11.1 Å². The molecule has 0 saturated carbocycles. The molecule has 0 atom stereocenters. The largest absolute Gasteiger partial charge is 0.409 e. The number of amidine groups is 1. The Morgan fingerprint density at radius 1 is 1.45 bits per heavy atom. The lowest BCUT2D eigenvalue weighted by Crippen LogP contribution is -2.39. The molecule has 3 rings (SSSR count). The third-order valence-electron chi connectivity index (χ3n) is 3.73. The molecule has 8 nitrogen and oxygen atoms in total. The summed E-state index contributed by atoms with van der Waals surface area (Å²) in [6.07, 6.45) is 0. The number of aromatic amines is 1. The number of hydrogen-bond donors (Lipinski definition) is 4. The molecule has 5 N–H and O–H groups in total. The Bertz CT molecular complexity index is 662. The Morgan fingerprint density at radius 3 is 3.05 bits per heavy atom. The van der Waals surface area contributed by atoms with E-state index in [1.54, 1.807) is 6.07 Å². The van der Waals surface area contributed by atoms with Crippen molar-refractivity contribution in [1.82, 2.24) is 14.9 Å². The number of para-hydroxylation sites is 1. The number of nitrogens with two attached hydrogens (primary N) is 1. The summed E-state index contributed by atoms with van der Waals surface area (Å²) in [6.45, 7) is 5.26. The van der Waals surface area contributed by atoms with Crippen LogP contribution in [0.15, 0.2) is 23.4 Å². The van der Waals surface area contributed by atoms with Gasteiger partial charge >= 0.3 is 0 Å². The van der Waals surface area contributed by atoms with Crippen molar-refractivity contribution in [3.05, 3.63) is 23.8 Å². The first-order valence-electron chi connectivity index (χ1n) is 7.28. The lowest BCUT2D eigenvalue weighted by atomic mass is 10.2. The number of ether oxygens (including phenoxy) is 1. The standard InChI is InChI=1S/C14H20N6O2/c15-13(19-21)10-2-1-3-11-12(10)18-14(17-11)16-4-5-20-6-8-22-9-7-20/h1-3,21H,4-9H2,(H2,15,19)(H2,16,17,18). The Morgan fingerprint density at radius 2 is 2.27 bits per heavy atom. The highest BCUT2D eigenvalue weighted by molar-refractivity contribution is 6.07. The quantitative estimate of drug-likeness (QED) is 0.275. The molecule has 118 valence electrons. The van der Waals surface area contributed by atoms with Gasteiger partial charge in [-0.1, -0.05) is 11.2 Å². The van der Waals surface area contributed by atoms with Crippen LogP contribution in [0.3, 0.4) is 0 Å². The molecule has 0 amide bonds. The van der Waals surface area contributed by atoms with Gasteiger partial charge < -0.3 is 26.0 Å². The van der Waals surface area contributed by atoms with Crippen molar-refractivity contribution in [2.24, 2.45) is 10.9 Å². The maximum absolute atomic E-state index is 8.84. The second kappa shape index (κ2) is 6.63. The molecule has 0 aliphatic carbocycles. The zero-order chi connectivity index (χ0) is 15.4. The molecule has 1 aliphatic rings. The number of morpholine rings is 1. The second-order valence-electron chi connectivity index (χ2n) is 5.15. The minimum absolute atomic E-state index is 0.0640. The maximum Gasteiger partial charge on any atom is 0.201 e. The van der Waals surface area contributed by atoms with Gasteiger partial charge in [0.2, 0.25) is 5.95 Å². The molecule has 8 heteroatoms. The van der Waals surface area contributed by atoms with Gasteiger partial charge in [-0.3, -0.25) is 4.90 Å². The second-order valence-corrected chi connectivity index (χ2v) is 5.15. The molecule has 2 aromatic rings. The van der Waals surface area contributed by atoms with Crippen molar-refractivity contribution in [1.29, 1.82) is 0 Å². The zero-order valence-electron chi connectivity index (χ0n) is 12.2. The van der Waals surface area contributed by atoms with Gasteiger partial charge in [-0.15, -0.1) is 0 Å². The highest BCUT2D eigenvalue weighted by Gasteiger charge is 2.11. The van der Waals surface area contributed by atoms with E-state index >= 15 is 0 Å².